The highest BCUT2D eigenvalue weighted by Crippen LogP contribution is 2.44. The SMILES string of the molecule is Cn1cc(C(=O)O)c2ccc(N3CCC(F)(COCc4c(-c5ccc(OC(F)(F)F)cc5)noc4C4CC4)CC3)cc21. The van der Waals surface area contributed by atoms with Crippen molar-refractivity contribution in [3.63, 3.8) is 0 Å². The maximum Gasteiger partial charge on any atom is 0.573 e. The minimum Gasteiger partial charge on any atom is -0.478 e. The van der Waals surface area contributed by atoms with Crippen molar-refractivity contribution in [3.05, 3.63) is 65.5 Å². The summed E-state index contributed by atoms with van der Waals surface area (Å²) >= 11 is 0. The maximum absolute atomic E-state index is 15.8. The van der Waals surface area contributed by atoms with E-state index >= 15 is 4.39 Å². The normalized spacial score (nSPS) is 17.1. The minimum atomic E-state index is -4.78. The van der Waals surface area contributed by atoms with Crippen LogP contribution >= 0.6 is 0 Å². The van der Waals surface area contributed by atoms with Gasteiger partial charge in [0, 0.05) is 67.3 Å². The molecule has 0 atom stereocenters. The average molecular weight is 588 g/mol. The highest BCUT2D eigenvalue weighted by molar-refractivity contribution is 6.04. The van der Waals surface area contributed by atoms with E-state index in [0.717, 1.165) is 24.0 Å². The number of aromatic nitrogens is 2. The standard InChI is InChI=1S/C30H29F4N3O5/c1-36-15-23(28(38)39)22-9-6-20(14-25(22)36)37-12-10-29(31,11-13-37)17-40-16-24-26(35-42-27(24)19-2-3-19)18-4-7-21(8-5-18)41-30(32,33)34/h4-9,14-15,19H,2-3,10-13,16-17H2,1H3,(H,38,39). The van der Waals surface area contributed by atoms with Gasteiger partial charge in [-0.3, -0.25) is 0 Å². The second kappa shape index (κ2) is 10.6. The number of aryl methyl sites for hydroxylation is 1. The van der Waals surface area contributed by atoms with Crippen molar-refractivity contribution in [2.75, 3.05) is 24.6 Å². The Kier molecular flexibility index (Phi) is 7.12. The molecule has 0 unspecified atom stereocenters. The van der Waals surface area contributed by atoms with E-state index in [1.807, 2.05) is 12.1 Å². The van der Waals surface area contributed by atoms with Crippen molar-refractivity contribution in [2.45, 2.75) is 50.2 Å². The highest BCUT2D eigenvalue weighted by atomic mass is 19.4. The second-order valence-electron chi connectivity index (χ2n) is 11.0. The van der Waals surface area contributed by atoms with Gasteiger partial charge in [-0.2, -0.15) is 0 Å². The molecule has 1 aliphatic heterocycles. The van der Waals surface area contributed by atoms with E-state index in [9.17, 15) is 23.1 Å². The monoisotopic (exact) mass is 587 g/mol. The first-order valence-corrected chi connectivity index (χ1v) is 13.7. The van der Waals surface area contributed by atoms with Gasteiger partial charge in [-0.25, -0.2) is 9.18 Å². The third-order valence-electron chi connectivity index (χ3n) is 7.96. The number of anilines is 1. The molecular formula is C30H29F4N3O5. The van der Waals surface area contributed by atoms with Crippen molar-refractivity contribution in [1.82, 2.24) is 9.72 Å². The number of piperidine rings is 1. The lowest BCUT2D eigenvalue weighted by atomic mass is 9.93. The molecule has 1 N–H and O–H groups in total. The van der Waals surface area contributed by atoms with Crippen LogP contribution in [0, 0.1) is 0 Å². The number of alkyl halides is 4. The van der Waals surface area contributed by atoms with Gasteiger partial charge in [0.15, 0.2) is 0 Å². The van der Waals surface area contributed by atoms with Gasteiger partial charge >= 0.3 is 12.3 Å². The molecule has 0 radical (unpaired) electrons. The molecule has 0 bridgehead atoms. The molecule has 6 rings (SSSR count). The molecule has 1 saturated carbocycles. The average Bonchev–Trinajstić information content (AvgIpc) is 3.62. The first-order valence-electron chi connectivity index (χ1n) is 13.7. The summed E-state index contributed by atoms with van der Waals surface area (Å²) in [6.07, 6.45) is -0.808. The maximum atomic E-state index is 15.8. The summed E-state index contributed by atoms with van der Waals surface area (Å²) in [5, 5.41) is 14.3. The highest BCUT2D eigenvalue weighted by Gasteiger charge is 2.37. The number of fused-ring (bicyclic) bond motifs is 1. The smallest absolute Gasteiger partial charge is 0.478 e. The van der Waals surface area contributed by atoms with E-state index in [-0.39, 0.29) is 43.3 Å². The summed E-state index contributed by atoms with van der Waals surface area (Å²) in [6, 6.07) is 11.0. The fourth-order valence-electron chi connectivity index (χ4n) is 5.55. The van der Waals surface area contributed by atoms with Crippen LogP contribution in [0.5, 0.6) is 5.75 Å². The molecule has 2 aromatic carbocycles. The number of carbonyl (C=O) groups is 1. The van der Waals surface area contributed by atoms with Crippen molar-refractivity contribution >= 4 is 22.6 Å². The van der Waals surface area contributed by atoms with Crippen LogP contribution in [0.15, 0.2) is 53.2 Å². The molecule has 2 aromatic heterocycles. The van der Waals surface area contributed by atoms with Crippen LogP contribution in [0.4, 0.5) is 23.2 Å². The van der Waals surface area contributed by atoms with Gasteiger partial charge in [-0.15, -0.1) is 13.2 Å². The first-order chi connectivity index (χ1) is 20.0. The third-order valence-corrected chi connectivity index (χ3v) is 7.96. The molecule has 1 saturated heterocycles. The molecule has 42 heavy (non-hydrogen) atoms. The quantitative estimate of drug-likeness (QED) is 0.215. The van der Waals surface area contributed by atoms with E-state index in [1.54, 1.807) is 23.9 Å². The number of nitrogens with zero attached hydrogens (tertiary/aromatic N) is 3. The zero-order valence-electron chi connectivity index (χ0n) is 22.8. The molecule has 4 aromatic rings. The van der Waals surface area contributed by atoms with Crippen LogP contribution in [0.25, 0.3) is 22.2 Å². The summed E-state index contributed by atoms with van der Waals surface area (Å²) in [6.45, 7) is 0.892. The van der Waals surface area contributed by atoms with E-state index in [2.05, 4.69) is 14.8 Å². The molecule has 3 heterocycles. The van der Waals surface area contributed by atoms with Gasteiger partial charge in [-0.1, -0.05) is 5.16 Å². The summed E-state index contributed by atoms with van der Waals surface area (Å²) < 4.78 is 70.6. The van der Waals surface area contributed by atoms with Crippen molar-refractivity contribution in [3.8, 4) is 17.0 Å². The van der Waals surface area contributed by atoms with Gasteiger partial charge in [0.1, 0.15) is 22.9 Å². The zero-order chi connectivity index (χ0) is 29.6. The van der Waals surface area contributed by atoms with Crippen molar-refractivity contribution in [1.29, 1.82) is 0 Å². The lowest BCUT2D eigenvalue weighted by molar-refractivity contribution is -0.274. The van der Waals surface area contributed by atoms with E-state index in [4.69, 9.17) is 9.26 Å². The van der Waals surface area contributed by atoms with Gasteiger partial charge < -0.3 is 28.6 Å². The Balaban J connectivity index is 1.10. The van der Waals surface area contributed by atoms with E-state index in [0.29, 0.717) is 41.1 Å². The van der Waals surface area contributed by atoms with Crippen LogP contribution in [0.1, 0.15) is 53.3 Å². The van der Waals surface area contributed by atoms with E-state index < -0.39 is 18.0 Å². The molecule has 8 nitrogen and oxygen atoms in total. The Labute approximate surface area is 238 Å². The van der Waals surface area contributed by atoms with Gasteiger partial charge in [-0.05, 0) is 55.3 Å². The number of ether oxygens (including phenoxy) is 2. The van der Waals surface area contributed by atoms with Crippen molar-refractivity contribution in [2.24, 2.45) is 7.05 Å². The third kappa shape index (κ3) is 5.80. The number of rotatable bonds is 9. The molecule has 222 valence electrons. The first kappa shape index (κ1) is 28.1. The lowest BCUT2D eigenvalue weighted by Crippen LogP contribution is -2.44. The fraction of sp³-hybridized carbons (Fsp3) is 0.400. The summed E-state index contributed by atoms with van der Waals surface area (Å²) in [4.78, 5) is 13.6. The Bertz CT molecular complexity index is 1600. The number of hydrogen-bond acceptors (Lipinski definition) is 6. The number of carboxylic acids is 1. The largest absolute Gasteiger partial charge is 0.573 e. The summed E-state index contributed by atoms with van der Waals surface area (Å²) in [7, 11) is 1.80. The van der Waals surface area contributed by atoms with Crippen LogP contribution in [0.2, 0.25) is 0 Å². The molecule has 2 aliphatic rings. The lowest BCUT2D eigenvalue weighted by Gasteiger charge is -2.37. The summed E-state index contributed by atoms with van der Waals surface area (Å²) in [5.41, 5.74) is 2.09. The van der Waals surface area contributed by atoms with Crippen LogP contribution in [-0.2, 0) is 18.4 Å². The predicted molar refractivity (Wildman–Crippen MR) is 145 cm³/mol. The molecule has 0 spiro atoms. The fourth-order valence-corrected chi connectivity index (χ4v) is 5.55. The Morgan fingerprint density at radius 3 is 2.50 bits per heavy atom. The van der Waals surface area contributed by atoms with Crippen LogP contribution in [0.3, 0.4) is 0 Å². The molecule has 1 aliphatic carbocycles. The van der Waals surface area contributed by atoms with E-state index in [1.165, 1.54) is 24.3 Å². The Morgan fingerprint density at radius 2 is 1.86 bits per heavy atom. The number of hydrogen-bond donors (Lipinski definition) is 1. The van der Waals surface area contributed by atoms with Gasteiger partial charge in [0.2, 0.25) is 0 Å². The topological polar surface area (TPSA) is 90.0 Å². The zero-order valence-corrected chi connectivity index (χ0v) is 22.8. The molecule has 12 heteroatoms. The second-order valence-corrected chi connectivity index (χ2v) is 11.0. The Hall–Kier alpha value is -4.06. The number of carboxylic acid groups (broad SMARTS) is 1. The number of benzene rings is 2. The number of halogens is 4. The minimum absolute atomic E-state index is 0.0664. The Morgan fingerprint density at radius 1 is 1.14 bits per heavy atom. The van der Waals surface area contributed by atoms with Crippen LogP contribution < -0.4 is 9.64 Å². The molecule has 2 fully saturated rings. The van der Waals surface area contributed by atoms with Crippen LogP contribution in [-0.4, -0.2) is 52.5 Å². The summed E-state index contributed by atoms with van der Waals surface area (Å²) in [5.74, 6) is -0.447. The van der Waals surface area contributed by atoms with Crippen molar-refractivity contribution < 1.29 is 41.5 Å². The predicted octanol–water partition coefficient (Wildman–Crippen LogP) is 6.83. The molecule has 0 amide bonds. The van der Waals surface area contributed by atoms with Gasteiger partial charge in [0.05, 0.1) is 24.3 Å². The number of aromatic carboxylic acids is 1. The molecular weight excluding hydrogens is 558 g/mol. The van der Waals surface area contributed by atoms with Gasteiger partial charge in [0.25, 0.3) is 0 Å².